The molecule has 2 aliphatic heterocycles. The molecule has 0 unspecified atom stereocenters. The lowest BCUT2D eigenvalue weighted by Gasteiger charge is -2.25. The molecular formula is C22H24N2O4S. The predicted molar refractivity (Wildman–Crippen MR) is 111 cm³/mol. The predicted octanol–water partition coefficient (Wildman–Crippen LogP) is 2.69. The molecule has 1 saturated heterocycles. The number of carbonyl (C=O) groups is 1. The van der Waals surface area contributed by atoms with Gasteiger partial charge in [0.1, 0.15) is 12.4 Å². The van der Waals surface area contributed by atoms with Gasteiger partial charge in [-0.2, -0.15) is 4.31 Å². The van der Waals surface area contributed by atoms with Gasteiger partial charge in [0.15, 0.2) is 0 Å². The summed E-state index contributed by atoms with van der Waals surface area (Å²) in [5, 5.41) is 0. The van der Waals surface area contributed by atoms with Crippen molar-refractivity contribution in [2.24, 2.45) is 0 Å². The number of para-hydroxylation sites is 1. The second-order valence-corrected chi connectivity index (χ2v) is 9.30. The Balaban J connectivity index is 1.47. The first-order valence-corrected chi connectivity index (χ1v) is 11.2. The van der Waals surface area contributed by atoms with E-state index >= 15 is 0 Å². The summed E-state index contributed by atoms with van der Waals surface area (Å²) in [7, 11) is -3.56. The van der Waals surface area contributed by atoms with E-state index < -0.39 is 10.0 Å². The van der Waals surface area contributed by atoms with E-state index in [-0.39, 0.29) is 19.1 Å². The molecule has 6 nitrogen and oxygen atoms in total. The molecular weight excluding hydrogens is 388 g/mol. The van der Waals surface area contributed by atoms with E-state index in [1.165, 1.54) is 4.31 Å². The van der Waals surface area contributed by atoms with E-state index in [0.29, 0.717) is 36.5 Å². The highest BCUT2D eigenvalue weighted by molar-refractivity contribution is 7.89. The van der Waals surface area contributed by atoms with E-state index in [1.807, 2.05) is 37.3 Å². The maximum atomic E-state index is 13.0. The topological polar surface area (TPSA) is 66.9 Å². The van der Waals surface area contributed by atoms with Crippen LogP contribution in [0.4, 0.5) is 0 Å². The van der Waals surface area contributed by atoms with Crippen LogP contribution in [0.25, 0.3) is 6.08 Å². The summed E-state index contributed by atoms with van der Waals surface area (Å²) >= 11 is 0. The number of sulfonamides is 1. The molecule has 1 amide bonds. The highest BCUT2D eigenvalue weighted by atomic mass is 32.2. The molecule has 1 fully saturated rings. The molecule has 0 saturated carbocycles. The summed E-state index contributed by atoms with van der Waals surface area (Å²) in [4.78, 5) is 15.0. The Labute approximate surface area is 171 Å². The minimum atomic E-state index is -3.56. The van der Waals surface area contributed by atoms with Crippen LogP contribution in [0.2, 0.25) is 0 Å². The molecule has 0 aromatic heterocycles. The van der Waals surface area contributed by atoms with E-state index in [2.05, 4.69) is 0 Å². The van der Waals surface area contributed by atoms with Crippen molar-refractivity contribution in [3.05, 3.63) is 65.2 Å². The fraction of sp³-hybridized carbons (Fsp3) is 0.318. The SMILES string of the molecule is Cc1ccc(S(=O)(=O)N2CCCN(C(=O)C3=Cc4ccccc4OC3)CC2)cc1. The van der Waals surface area contributed by atoms with Crippen LogP contribution in [0.3, 0.4) is 0 Å². The van der Waals surface area contributed by atoms with Crippen molar-refractivity contribution < 1.29 is 17.9 Å². The summed E-state index contributed by atoms with van der Waals surface area (Å²) in [6, 6.07) is 14.5. The van der Waals surface area contributed by atoms with Crippen LogP contribution in [-0.2, 0) is 14.8 Å². The number of nitrogens with zero attached hydrogens (tertiary/aromatic N) is 2. The Morgan fingerprint density at radius 1 is 0.966 bits per heavy atom. The second kappa shape index (κ2) is 8.00. The molecule has 152 valence electrons. The van der Waals surface area contributed by atoms with Crippen LogP contribution in [0.15, 0.2) is 59.0 Å². The van der Waals surface area contributed by atoms with Gasteiger partial charge in [-0.3, -0.25) is 4.79 Å². The molecule has 2 aromatic rings. The number of fused-ring (bicyclic) bond motifs is 1. The fourth-order valence-corrected chi connectivity index (χ4v) is 5.11. The zero-order valence-corrected chi connectivity index (χ0v) is 17.2. The molecule has 2 heterocycles. The van der Waals surface area contributed by atoms with Gasteiger partial charge in [0, 0.05) is 31.7 Å². The number of hydrogen-bond acceptors (Lipinski definition) is 4. The summed E-state index contributed by atoms with van der Waals surface area (Å²) in [5.41, 5.74) is 2.50. The number of amides is 1. The zero-order valence-electron chi connectivity index (χ0n) is 16.4. The molecule has 4 rings (SSSR count). The van der Waals surface area contributed by atoms with E-state index in [9.17, 15) is 13.2 Å². The van der Waals surface area contributed by atoms with E-state index in [1.54, 1.807) is 29.2 Å². The van der Waals surface area contributed by atoms with Crippen molar-refractivity contribution in [1.29, 1.82) is 0 Å². The molecule has 7 heteroatoms. The average Bonchev–Trinajstić information content (AvgIpc) is 3.00. The number of rotatable bonds is 3. The number of aryl methyl sites for hydroxylation is 1. The van der Waals surface area contributed by atoms with Crippen molar-refractivity contribution in [1.82, 2.24) is 9.21 Å². The van der Waals surface area contributed by atoms with Crippen molar-refractivity contribution in [3.63, 3.8) is 0 Å². The monoisotopic (exact) mass is 412 g/mol. The normalized spacial score (nSPS) is 17.7. The third kappa shape index (κ3) is 4.06. The van der Waals surface area contributed by atoms with E-state index in [4.69, 9.17) is 4.74 Å². The second-order valence-electron chi connectivity index (χ2n) is 7.36. The van der Waals surface area contributed by atoms with Crippen molar-refractivity contribution in [2.45, 2.75) is 18.2 Å². The molecule has 0 N–H and O–H groups in total. The van der Waals surface area contributed by atoms with Gasteiger partial charge in [-0.1, -0.05) is 35.9 Å². The van der Waals surface area contributed by atoms with E-state index in [0.717, 1.165) is 16.9 Å². The molecule has 2 aliphatic rings. The smallest absolute Gasteiger partial charge is 0.253 e. The molecule has 0 bridgehead atoms. The van der Waals surface area contributed by atoms with Crippen LogP contribution < -0.4 is 4.74 Å². The molecule has 2 aromatic carbocycles. The third-order valence-corrected chi connectivity index (χ3v) is 7.22. The number of carbonyl (C=O) groups excluding carboxylic acids is 1. The van der Waals surface area contributed by atoms with Gasteiger partial charge in [0.05, 0.1) is 10.5 Å². The Hall–Kier alpha value is -2.64. The van der Waals surface area contributed by atoms with Gasteiger partial charge in [-0.05, 0) is 37.6 Å². The fourth-order valence-electron chi connectivity index (χ4n) is 3.64. The summed E-state index contributed by atoms with van der Waals surface area (Å²) in [5.74, 6) is 0.685. The van der Waals surface area contributed by atoms with Crippen molar-refractivity contribution >= 4 is 22.0 Å². The Bertz CT molecular complexity index is 1040. The lowest BCUT2D eigenvalue weighted by molar-refractivity contribution is -0.127. The Morgan fingerprint density at radius 2 is 1.72 bits per heavy atom. The summed E-state index contributed by atoms with van der Waals surface area (Å²) in [6.07, 6.45) is 2.47. The highest BCUT2D eigenvalue weighted by Gasteiger charge is 2.29. The van der Waals surface area contributed by atoms with Crippen LogP contribution in [0.1, 0.15) is 17.5 Å². The zero-order chi connectivity index (χ0) is 20.4. The van der Waals surface area contributed by atoms with Crippen molar-refractivity contribution in [3.8, 4) is 5.75 Å². The Kier molecular flexibility index (Phi) is 5.43. The Morgan fingerprint density at radius 3 is 2.52 bits per heavy atom. The maximum absolute atomic E-state index is 13.0. The number of hydrogen-bond donors (Lipinski definition) is 0. The molecule has 0 atom stereocenters. The number of ether oxygens (including phenoxy) is 1. The van der Waals surface area contributed by atoms with Crippen LogP contribution in [0, 0.1) is 6.92 Å². The highest BCUT2D eigenvalue weighted by Crippen LogP contribution is 2.27. The lowest BCUT2D eigenvalue weighted by atomic mass is 10.1. The standard InChI is InChI=1S/C22H24N2O4S/c1-17-7-9-20(10-8-17)29(26,27)24-12-4-11-23(13-14-24)22(25)19-15-18-5-2-3-6-21(18)28-16-19/h2-3,5-10,15H,4,11-14,16H2,1H3. The minimum Gasteiger partial charge on any atom is -0.488 e. The third-order valence-electron chi connectivity index (χ3n) is 5.31. The lowest BCUT2D eigenvalue weighted by Crippen LogP contribution is -2.38. The summed E-state index contributed by atoms with van der Waals surface area (Å²) < 4.78 is 33.1. The van der Waals surface area contributed by atoms with Crippen LogP contribution in [0.5, 0.6) is 5.75 Å². The molecule has 0 radical (unpaired) electrons. The van der Waals surface area contributed by atoms with Crippen LogP contribution in [-0.4, -0.2) is 56.3 Å². The van der Waals surface area contributed by atoms with Crippen LogP contribution >= 0.6 is 0 Å². The first-order chi connectivity index (χ1) is 13.9. The molecule has 0 aliphatic carbocycles. The van der Waals surface area contributed by atoms with Gasteiger partial charge < -0.3 is 9.64 Å². The van der Waals surface area contributed by atoms with Gasteiger partial charge in [0.25, 0.3) is 5.91 Å². The molecule has 29 heavy (non-hydrogen) atoms. The minimum absolute atomic E-state index is 0.0888. The van der Waals surface area contributed by atoms with Gasteiger partial charge in [-0.25, -0.2) is 8.42 Å². The first kappa shape index (κ1) is 19.7. The number of benzene rings is 2. The average molecular weight is 413 g/mol. The first-order valence-electron chi connectivity index (χ1n) is 9.74. The van der Waals surface area contributed by atoms with Crippen molar-refractivity contribution in [2.75, 3.05) is 32.8 Å². The summed E-state index contributed by atoms with van der Waals surface area (Å²) in [6.45, 7) is 3.73. The van der Waals surface area contributed by atoms with Gasteiger partial charge in [-0.15, -0.1) is 0 Å². The maximum Gasteiger partial charge on any atom is 0.253 e. The quantitative estimate of drug-likeness (QED) is 0.778. The van der Waals surface area contributed by atoms with Gasteiger partial charge in [0.2, 0.25) is 10.0 Å². The van der Waals surface area contributed by atoms with Gasteiger partial charge >= 0.3 is 0 Å². The molecule has 0 spiro atoms. The largest absolute Gasteiger partial charge is 0.488 e.